The maximum Gasteiger partial charge on any atom is 0.161 e. The van der Waals surface area contributed by atoms with Gasteiger partial charge < -0.3 is 5.32 Å². The van der Waals surface area contributed by atoms with Crippen LogP contribution in [0.3, 0.4) is 0 Å². The summed E-state index contributed by atoms with van der Waals surface area (Å²) in [5, 5.41) is 12.4. The van der Waals surface area contributed by atoms with Crippen molar-refractivity contribution in [3.8, 4) is 33.8 Å². The lowest BCUT2D eigenvalue weighted by Gasteiger charge is -2.27. The Morgan fingerprint density at radius 3 is 2.55 bits per heavy atom. The van der Waals surface area contributed by atoms with Crippen LogP contribution in [-0.4, -0.2) is 35.6 Å². The van der Waals surface area contributed by atoms with Crippen LogP contribution in [0.5, 0.6) is 0 Å². The van der Waals surface area contributed by atoms with E-state index < -0.39 is 0 Å². The molecule has 1 fully saturated rings. The highest BCUT2D eigenvalue weighted by Crippen LogP contribution is 2.31. The normalized spacial score (nSPS) is 14.0. The largest absolute Gasteiger partial charge is 0.367 e. The average Bonchev–Trinajstić information content (AvgIpc) is 3.33. The van der Waals surface area contributed by atoms with Gasteiger partial charge in [0.2, 0.25) is 0 Å². The van der Waals surface area contributed by atoms with Crippen LogP contribution >= 0.6 is 0 Å². The molecule has 3 heterocycles. The molecule has 0 radical (unpaired) electrons. The number of hydrogen-bond donors (Lipinski definition) is 1. The number of benzene rings is 1. The fourth-order valence-corrected chi connectivity index (χ4v) is 3.53. The van der Waals surface area contributed by atoms with Gasteiger partial charge in [-0.15, -0.1) is 0 Å². The minimum absolute atomic E-state index is 0.474. The molecule has 1 N–H and O–H groups in total. The molecule has 0 saturated heterocycles. The van der Waals surface area contributed by atoms with E-state index in [-0.39, 0.29) is 0 Å². The Morgan fingerprint density at radius 2 is 1.86 bits per heavy atom. The van der Waals surface area contributed by atoms with Crippen LogP contribution in [0.2, 0.25) is 0 Å². The highest BCUT2D eigenvalue weighted by Gasteiger charge is 2.21. The summed E-state index contributed by atoms with van der Waals surface area (Å²) in [5.74, 6) is 1.56. The van der Waals surface area contributed by atoms with Gasteiger partial charge in [0.25, 0.3) is 0 Å². The van der Waals surface area contributed by atoms with Crippen molar-refractivity contribution < 1.29 is 0 Å². The van der Waals surface area contributed by atoms with Crippen molar-refractivity contribution in [2.75, 3.05) is 5.32 Å². The third-order valence-corrected chi connectivity index (χ3v) is 5.38. The summed E-state index contributed by atoms with van der Waals surface area (Å²) < 4.78 is 3.61. The first kappa shape index (κ1) is 17.6. The molecule has 7 heteroatoms. The first-order chi connectivity index (χ1) is 14.2. The first-order valence-corrected chi connectivity index (χ1v) is 9.89. The summed E-state index contributed by atoms with van der Waals surface area (Å²) in [4.78, 5) is 9.56. The topological polar surface area (TPSA) is 73.5 Å². The molecule has 1 aromatic carbocycles. The molecule has 0 atom stereocenters. The summed E-state index contributed by atoms with van der Waals surface area (Å²) in [5.41, 5.74) is 4.97. The Bertz CT molecular complexity index is 1150. The van der Waals surface area contributed by atoms with Gasteiger partial charge in [-0.3, -0.25) is 9.36 Å². The second-order valence-electron chi connectivity index (χ2n) is 7.59. The average molecular weight is 385 g/mol. The molecule has 5 rings (SSSR count). The Labute approximate surface area is 169 Å². The van der Waals surface area contributed by atoms with Crippen LogP contribution in [0.15, 0.2) is 55.1 Å². The van der Waals surface area contributed by atoms with E-state index in [2.05, 4.69) is 32.6 Å². The fraction of sp³-hybridized carbons (Fsp3) is 0.273. The monoisotopic (exact) mass is 385 g/mol. The van der Waals surface area contributed by atoms with E-state index in [1.54, 1.807) is 9.36 Å². The van der Waals surface area contributed by atoms with Crippen molar-refractivity contribution in [1.29, 1.82) is 0 Å². The quantitative estimate of drug-likeness (QED) is 0.564. The zero-order valence-corrected chi connectivity index (χ0v) is 16.6. The number of rotatable bonds is 5. The predicted octanol–water partition coefficient (Wildman–Crippen LogP) is 3.91. The summed E-state index contributed by atoms with van der Waals surface area (Å²) >= 11 is 0. The van der Waals surface area contributed by atoms with Crippen LogP contribution in [0.25, 0.3) is 33.8 Å². The van der Waals surface area contributed by atoms with Gasteiger partial charge in [0.15, 0.2) is 5.82 Å². The molecule has 0 amide bonds. The standard InChI is InChI=1S/C22H23N7/c1-28-10-9-20(27-28)19-13-23-21(26-22(19)25-18-7-4-8-18)16-6-3-5-15(11-16)17-12-24-29(2)14-17/h3,5-6,9-14,18H,4,7-8H2,1-2H3,(H,23,25,26). The van der Waals surface area contributed by atoms with Gasteiger partial charge in [0.05, 0.1) is 17.5 Å². The Hall–Kier alpha value is -3.48. The molecule has 146 valence electrons. The number of aromatic nitrogens is 6. The van der Waals surface area contributed by atoms with Crippen molar-refractivity contribution in [2.24, 2.45) is 14.1 Å². The van der Waals surface area contributed by atoms with Crippen LogP contribution in [0.4, 0.5) is 5.82 Å². The lowest BCUT2D eigenvalue weighted by atomic mass is 9.93. The van der Waals surface area contributed by atoms with Gasteiger partial charge in [-0.05, 0) is 37.0 Å². The van der Waals surface area contributed by atoms with E-state index >= 15 is 0 Å². The van der Waals surface area contributed by atoms with Gasteiger partial charge in [0, 0.05) is 49.9 Å². The van der Waals surface area contributed by atoms with E-state index in [9.17, 15) is 0 Å². The van der Waals surface area contributed by atoms with E-state index in [0.29, 0.717) is 11.9 Å². The minimum Gasteiger partial charge on any atom is -0.367 e. The second-order valence-corrected chi connectivity index (χ2v) is 7.59. The zero-order chi connectivity index (χ0) is 19.8. The molecule has 0 spiro atoms. The van der Waals surface area contributed by atoms with Crippen molar-refractivity contribution >= 4 is 5.82 Å². The molecule has 29 heavy (non-hydrogen) atoms. The molecule has 0 bridgehead atoms. The third-order valence-electron chi connectivity index (χ3n) is 5.38. The summed E-state index contributed by atoms with van der Waals surface area (Å²) in [6, 6.07) is 10.7. The van der Waals surface area contributed by atoms with E-state index in [4.69, 9.17) is 4.98 Å². The van der Waals surface area contributed by atoms with E-state index in [1.807, 2.05) is 57.1 Å². The number of nitrogens with one attached hydrogen (secondary N) is 1. The lowest BCUT2D eigenvalue weighted by Crippen LogP contribution is -2.28. The SMILES string of the molecule is Cn1cc(-c2cccc(-c3ncc(-c4ccn(C)n4)c(NC4CCC4)n3)c2)cn1. The molecule has 1 aliphatic rings. The molecule has 4 aromatic rings. The summed E-state index contributed by atoms with van der Waals surface area (Å²) in [7, 11) is 3.84. The van der Waals surface area contributed by atoms with Gasteiger partial charge in [0.1, 0.15) is 5.82 Å². The van der Waals surface area contributed by atoms with Crippen molar-refractivity contribution in [1.82, 2.24) is 29.5 Å². The Morgan fingerprint density at radius 1 is 1.00 bits per heavy atom. The van der Waals surface area contributed by atoms with Crippen molar-refractivity contribution in [3.05, 3.63) is 55.1 Å². The Kier molecular flexibility index (Phi) is 4.35. The van der Waals surface area contributed by atoms with Crippen LogP contribution in [0.1, 0.15) is 19.3 Å². The van der Waals surface area contributed by atoms with Crippen LogP contribution in [-0.2, 0) is 14.1 Å². The smallest absolute Gasteiger partial charge is 0.161 e. The molecule has 7 nitrogen and oxygen atoms in total. The maximum atomic E-state index is 4.90. The van der Waals surface area contributed by atoms with Gasteiger partial charge in [-0.2, -0.15) is 10.2 Å². The number of anilines is 1. The highest BCUT2D eigenvalue weighted by atomic mass is 15.3. The lowest BCUT2D eigenvalue weighted by molar-refractivity contribution is 0.444. The van der Waals surface area contributed by atoms with Crippen LogP contribution in [0, 0.1) is 0 Å². The van der Waals surface area contributed by atoms with Crippen molar-refractivity contribution in [3.63, 3.8) is 0 Å². The summed E-state index contributed by atoms with van der Waals surface area (Å²) in [6.07, 6.45) is 11.3. The van der Waals surface area contributed by atoms with Crippen LogP contribution < -0.4 is 5.32 Å². The molecule has 1 saturated carbocycles. The van der Waals surface area contributed by atoms with E-state index in [1.165, 1.54) is 19.3 Å². The highest BCUT2D eigenvalue weighted by molar-refractivity contribution is 5.75. The predicted molar refractivity (Wildman–Crippen MR) is 113 cm³/mol. The van der Waals surface area contributed by atoms with Crippen molar-refractivity contribution in [2.45, 2.75) is 25.3 Å². The van der Waals surface area contributed by atoms with Gasteiger partial charge in [-0.25, -0.2) is 9.97 Å². The molecule has 1 aliphatic carbocycles. The molecule has 0 unspecified atom stereocenters. The van der Waals surface area contributed by atoms with Gasteiger partial charge >= 0.3 is 0 Å². The Balaban J connectivity index is 1.54. The third kappa shape index (κ3) is 3.51. The second kappa shape index (κ2) is 7.16. The minimum atomic E-state index is 0.474. The molecule has 3 aromatic heterocycles. The molecular formula is C22H23N7. The fourth-order valence-electron chi connectivity index (χ4n) is 3.53. The molecule has 0 aliphatic heterocycles. The van der Waals surface area contributed by atoms with E-state index in [0.717, 1.165) is 33.8 Å². The number of nitrogens with zero attached hydrogens (tertiary/aromatic N) is 6. The van der Waals surface area contributed by atoms with Gasteiger partial charge in [-0.1, -0.05) is 18.2 Å². The maximum absolute atomic E-state index is 4.90. The first-order valence-electron chi connectivity index (χ1n) is 9.89. The number of hydrogen-bond acceptors (Lipinski definition) is 5. The summed E-state index contributed by atoms with van der Waals surface area (Å²) in [6.45, 7) is 0. The molecular weight excluding hydrogens is 362 g/mol. The number of aryl methyl sites for hydroxylation is 2. The zero-order valence-electron chi connectivity index (χ0n) is 16.6.